The molecule has 2 aromatic heterocycles. The van der Waals surface area contributed by atoms with Crippen molar-refractivity contribution in [2.45, 2.75) is 49.3 Å². The zero-order valence-electron chi connectivity index (χ0n) is 15.2. The first-order valence-electron chi connectivity index (χ1n) is 9.11. The van der Waals surface area contributed by atoms with E-state index in [2.05, 4.69) is 15.3 Å². The Bertz CT molecular complexity index is 988. The molecule has 2 aliphatic rings. The van der Waals surface area contributed by atoms with E-state index in [9.17, 15) is 30.3 Å². The summed E-state index contributed by atoms with van der Waals surface area (Å²) in [6.07, 6.45) is -2.13. The van der Waals surface area contributed by atoms with Gasteiger partial charge in [-0.1, -0.05) is 12.2 Å². The number of nitrogens with two attached hydrogens (primary N) is 1. The van der Waals surface area contributed by atoms with E-state index in [1.807, 2.05) is 0 Å². The van der Waals surface area contributed by atoms with Crippen LogP contribution in [0.5, 0.6) is 0 Å². The number of hydrogen-bond donors (Lipinski definition) is 8. The molecule has 12 heteroatoms. The van der Waals surface area contributed by atoms with E-state index >= 15 is 0 Å². The summed E-state index contributed by atoms with van der Waals surface area (Å²) in [6, 6.07) is -0.516. The summed E-state index contributed by atoms with van der Waals surface area (Å²) >= 11 is 0. The van der Waals surface area contributed by atoms with Gasteiger partial charge in [0.2, 0.25) is 5.95 Å². The van der Waals surface area contributed by atoms with E-state index in [4.69, 9.17) is 10.5 Å². The van der Waals surface area contributed by atoms with E-state index in [1.54, 1.807) is 6.08 Å². The number of nitrogen functional groups attached to an aromatic ring is 1. The normalized spacial score (nSPS) is 34.4. The molecule has 2 aromatic rings. The monoisotopic (exact) mass is 409 g/mol. The number of nitrogens with zero attached hydrogens (tertiary/aromatic N) is 2. The van der Waals surface area contributed by atoms with Gasteiger partial charge in [0.05, 0.1) is 24.1 Å². The van der Waals surface area contributed by atoms with E-state index in [-0.39, 0.29) is 23.5 Å². The van der Waals surface area contributed by atoms with Crippen LogP contribution in [0.1, 0.15) is 11.8 Å². The summed E-state index contributed by atoms with van der Waals surface area (Å²) in [5, 5.41) is 52.5. The molecule has 0 radical (unpaired) electrons. The number of nitrogens with one attached hydrogen (secondary N) is 2. The zero-order valence-corrected chi connectivity index (χ0v) is 15.2. The maximum Gasteiger partial charge on any atom is 0.262 e. The van der Waals surface area contributed by atoms with Crippen LogP contribution in [0, 0.1) is 0 Å². The summed E-state index contributed by atoms with van der Waals surface area (Å²) in [5.41, 5.74) is 5.78. The van der Waals surface area contributed by atoms with Crippen LogP contribution in [-0.4, -0.2) is 83.2 Å². The lowest BCUT2D eigenvalue weighted by Gasteiger charge is -2.18. The summed E-state index contributed by atoms with van der Waals surface area (Å²) in [4.78, 5) is 19.1. The fraction of sp³-hybridized carbons (Fsp3) is 0.529. The fourth-order valence-corrected chi connectivity index (χ4v) is 3.78. The molecule has 1 aliphatic carbocycles. The van der Waals surface area contributed by atoms with Gasteiger partial charge >= 0.3 is 0 Å². The Kier molecular flexibility index (Phi) is 5.16. The minimum atomic E-state index is -1.36. The molecule has 0 saturated carbocycles. The molecule has 29 heavy (non-hydrogen) atoms. The smallest absolute Gasteiger partial charge is 0.262 e. The lowest BCUT2D eigenvalue weighted by molar-refractivity contribution is -0.0509. The summed E-state index contributed by atoms with van der Waals surface area (Å²) in [7, 11) is 0. The number of hydrogen-bond acceptors (Lipinski definition) is 10. The Labute approximate surface area is 163 Å². The third kappa shape index (κ3) is 3.34. The molecule has 0 aromatic carbocycles. The van der Waals surface area contributed by atoms with Gasteiger partial charge in [-0.2, -0.15) is 4.98 Å². The van der Waals surface area contributed by atoms with Gasteiger partial charge in [0, 0.05) is 12.7 Å². The van der Waals surface area contributed by atoms with Crippen LogP contribution in [-0.2, 0) is 11.3 Å². The van der Waals surface area contributed by atoms with Gasteiger partial charge in [-0.05, 0) is 5.56 Å². The first-order valence-corrected chi connectivity index (χ1v) is 9.11. The molecule has 1 aliphatic heterocycles. The quantitative estimate of drug-likeness (QED) is 0.231. The number of anilines is 1. The van der Waals surface area contributed by atoms with Crippen molar-refractivity contribution in [1.29, 1.82) is 0 Å². The van der Waals surface area contributed by atoms with Crippen molar-refractivity contribution in [1.82, 2.24) is 19.9 Å². The molecule has 1 fully saturated rings. The molecule has 4 rings (SSSR count). The second-order valence-corrected chi connectivity index (χ2v) is 7.21. The fourth-order valence-electron chi connectivity index (χ4n) is 3.78. The lowest BCUT2D eigenvalue weighted by Crippen LogP contribution is -2.40. The topological polar surface area (TPSA) is 199 Å². The summed E-state index contributed by atoms with van der Waals surface area (Å²) in [6.45, 7) is -0.363. The van der Waals surface area contributed by atoms with Gasteiger partial charge in [0.25, 0.3) is 5.56 Å². The molecular formula is C17H23N5O7. The van der Waals surface area contributed by atoms with Crippen molar-refractivity contribution in [2.75, 3.05) is 12.3 Å². The molecule has 0 spiro atoms. The van der Waals surface area contributed by atoms with Crippen molar-refractivity contribution in [3.8, 4) is 0 Å². The van der Waals surface area contributed by atoms with Gasteiger partial charge in [0.1, 0.15) is 24.4 Å². The van der Waals surface area contributed by atoms with Crippen LogP contribution >= 0.6 is 0 Å². The van der Waals surface area contributed by atoms with E-state index < -0.39 is 55.0 Å². The second-order valence-electron chi connectivity index (χ2n) is 7.21. The van der Waals surface area contributed by atoms with Crippen molar-refractivity contribution >= 4 is 17.0 Å². The number of ether oxygens (including phenoxy) is 1. The maximum atomic E-state index is 12.5. The number of aromatic amines is 1. The molecule has 0 bridgehead atoms. The molecule has 9 N–H and O–H groups in total. The predicted octanol–water partition coefficient (Wildman–Crippen LogP) is -3.33. The van der Waals surface area contributed by atoms with Crippen molar-refractivity contribution in [3.63, 3.8) is 0 Å². The molecule has 4 unspecified atom stereocenters. The number of fused-ring (bicyclic) bond motifs is 1. The minimum absolute atomic E-state index is 0.131. The first kappa shape index (κ1) is 20.0. The highest BCUT2D eigenvalue weighted by Gasteiger charge is 2.44. The molecule has 7 atom stereocenters. The lowest BCUT2D eigenvalue weighted by atomic mass is 10.1. The maximum absolute atomic E-state index is 12.5. The number of aliphatic hydroxyl groups is 5. The van der Waals surface area contributed by atoms with Crippen molar-refractivity contribution in [3.05, 3.63) is 34.3 Å². The number of rotatable bonds is 5. The SMILES string of the molecule is Nc1nc2c(c(CN[C@H]3C=C[C@H](O)[C@@H]3O)cn2C2OC(CO)C(O)C2O)c(=O)[nH]1. The second kappa shape index (κ2) is 7.50. The van der Waals surface area contributed by atoms with Gasteiger partial charge in [-0.25, -0.2) is 0 Å². The third-order valence-electron chi connectivity index (χ3n) is 5.33. The first-order chi connectivity index (χ1) is 13.8. The predicted molar refractivity (Wildman–Crippen MR) is 99.6 cm³/mol. The van der Waals surface area contributed by atoms with Crippen molar-refractivity contribution in [2.24, 2.45) is 0 Å². The highest BCUT2D eigenvalue weighted by atomic mass is 16.6. The van der Waals surface area contributed by atoms with Crippen LogP contribution in [0.2, 0.25) is 0 Å². The Morgan fingerprint density at radius 2 is 1.97 bits per heavy atom. The summed E-state index contributed by atoms with van der Waals surface area (Å²) in [5.74, 6) is -0.134. The zero-order chi connectivity index (χ0) is 20.9. The van der Waals surface area contributed by atoms with Crippen LogP contribution in [0.3, 0.4) is 0 Å². The number of H-pyrrole nitrogens is 1. The van der Waals surface area contributed by atoms with Gasteiger partial charge < -0.3 is 45.9 Å². The van der Waals surface area contributed by atoms with E-state index in [0.717, 1.165) is 0 Å². The summed E-state index contributed by atoms with van der Waals surface area (Å²) < 4.78 is 6.93. The molecule has 1 saturated heterocycles. The molecule has 0 amide bonds. The average Bonchev–Trinajstić information content (AvgIpc) is 3.29. The Morgan fingerprint density at radius 3 is 2.59 bits per heavy atom. The van der Waals surface area contributed by atoms with Crippen LogP contribution in [0.4, 0.5) is 5.95 Å². The Balaban J connectivity index is 1.71. The van der Waals surface area contributed by atoms with Crippen LogP contribution < -0.4 is 16.6 Å². The van der Waals surface area contributed by atoms with Crippen LogP contribution in [0.15, 0.2) is 23.1 Å². The van der Waals surface area contributed by atoms with Gasteiger partial charge in [-0.15, -0.1) is 0 Å². The van der Waals surface area contributed by atoms with E-state index in [1.165, 1.54) is 16.8 Å². The molecular weight excluding hydrogens is 386 g/mol. The Morgan fingerprint density at radius 1 is 1.21 bits per heavy atom. The van der Waals surface area contributed by atoms with Gasteiger partial charge in [-0.3, -0.25) is 9.78 Å². The number of aliphatic hydroxyl groups excluding tert-OH is 5. The van der Waals surface area contributed by atoms with Crippen LogP contribution in [0.25, 0.3) is 11.0 Å². The third-order valence-corrected chi connectivity index (χ3v) is 5.33. The highest BCUT2D eigenvalue weighted by molar-refractivity contribution is 5.80. The average molecular weight is 409 g/mol. The van der Waals surface area contributed by atoms with Crippen molar-refractivity contribution < 1.29 is 30.3 Å². The van der Waals surface area contributed by atoms with E-state index in [0.29, 0.717) is 5.56 Å². The highest BCUT2D eigenvalue weighted by Crippen LogP contribution is 2.32. The standard InChI is InChI=1S/C17H23N5O7/c18-17-20-14-10(15(28)21-17)6(3-19-7-1-2-8(24)11(7)25)4-22(14)16-13(27)12(26)9(5-23)29-16/h1-2,4,7-9,11-13,16,19,23-27H,3,5H2,(H3,18,20,21,28)/t7-,8-,9?,11+,12?,13?,16?/m0/s1. The molecule has 12 nitrogen and oxygen atoms in total. The molecule has 3 heterocycles. The number of aromatic nitrogens is 3. The largest absolute Gasteiger partial charge is 0.394 e. The minimum Gasteiger partial charge on any atom is -0.394 e. The molecule has 158 valence electrons. The Hall–Kier alpha value is -2.32. The van der Waals surface area contributed by atoms with Gasteiger partial charge in [0.15, 0.2) is 11.9 Å².